The summed E-state index contributed by atoms with van der Waals surface area (Å²) in [6.45, 7) is 1.93. The monoisotopic (exact) mass is 767 g/mol. The number of nitrogens with zero attached hydrogens (tertiary/aromatic N) is 3. The predicted molar refractivity (Wildman–Crippen MR) is 202 cm³/mol. The normalized spacial score (nSPS) is 22.3. The average Bonchev–Trinajstić information content (AvgIpc) is 3.99. The second-order valence-corrected chi connectivity index (χ2v) is 14.5. The zero-order valence-corrected chi connectivity index (χ0v) is 30.2. The summed E-state index contributed by atoms with van der Waals surface area (Å²) < 4.78 is 40.0. The van der Waals surface area contributed by atoms with Crippen molar-refractivity contribution in [2.45, 2.75) is 36.8 Å². The minimum absolute atomic E-state index is 0.0145. The lowest BCUT2D eigenvalue weighted by Gasteiger charge is -2.24. The SMILES string of the molecule is COc1cc(F)c2c(c1)NC1(CCN(c3ccc(Br)cc3)C1=O)C2.COc1cc(F)c2c(c1)NC1(CCN(c3ccc(C4=CCN=C4)cc3)C1=O)C2. The summed E-state index contributed by atoms with van der Waals surface area (Å²) in [7, 11) is 3.01. The molecule has 12 heteroatoms. The molecule has 4 aromatic rings. The molecule has 5 aliphatic heterocycles. The van der Waals surface area contributed by atoms with Crippen molar-refractivity contribution in [1.82, 2.24) is 0 Å². The van der Waals surface area contributed by atoms with Crippen LogP contribution in [0.5, 0.6) is 11.5 Å². The Morgan fingerprint density at radius 1 is 0.731 bits per heavy atom. The highest BCUT2D eigenvalue weighted by molar-refractivity contribution is 9.10. The molecule has 2 fully saturated rings. The smallest absolute Gasteiger partial charge is 0.253 e. The highest BCUT2D eigenvalue weighted by Crippen LogP contribution is 2.44. The molecule has 0 aromatic heterocycles. The number of allylic oxidation sites excluding steroid dienone is 1. The van der Waals surface area contributed by atoms with Gasteiger partial charge in [0.05, 0.1) is 20.8 Å². The van der Waals surface area contributed by atoms with Gasteiger partial charge in [-0.15, -0.1) is 0 Å². The van der Waals surface area contributed by atoms with E-state index in [9.17, 15) is 18.4 Å². The van der Waals surface area contributed by atoms with E-state index in [0.717, 1.165) is 33.5 Å². The summed E-state index contributed by atoms with van der Waals surface area (Å²) in [5, 5.41) is 6.56. The molecule has 266 valence electrons. The molecular formula is C40H36BrF2N5O4. The minimum atomic E-state index is -0.783. The molecule has 9 rings (SSSR count). The molecule has 2 amide bonds. The molecule has 2 saturated heterocycles. The lowest BCUT2D eigenvalue weighted by molar-refractivity contribution is -0.121. The maximum atomic E-state index is 14.5. The van der Waals surface area contributed by atoms with E-state index in [1.807, 2.05) is 54.7 Å². The van der Waals surface area contributed by atoms with E-state index in [4.69, 9.17) is 9.47 Å². The van der Waals surface area contributed by atoms with Crippen molar-refractivity contribution >= 4 is 62.3 Å². The second kappa shape index (κ2) is 13.1. The first-order valence-corrected chi connectivity index (χ1v) is 17.9. The summed E-state index contributed by atoms with van der Waals surface area (Å²) in [6.07, 6.45) is 5.93. The Morgan fingerprint density at radius 3 is 1.65 bits per heavy atom. The molecule has 2 atom stereocenters. The summed E-state index contributed by atoms with van der Waals surface area (Å²) >= 11 is 3.40. The Labute approximate surface area is 308 Å². The van der Waals surface area contributed by atoms with Crippen molar-refractivity contribution in [3.8, 4) is 11.5 Å². The summed E-state index contributed by atoms with van der Waals surface area (Å²) in [6, 6.07) is 21.8. The van der Waals surface area contributed by atoms with Crippen LogP contribution in [0, 0.1) is 11.6 Å². The molecule has 0 radical (unpaired) electrons. The van der Waals surface area contributed by atoms with Crippen LogP contribution in [0.15, 0.2) is 88.3 Å². The number of ether oxygens (including phenoxy) is 2. The highest BCUT2D eigenvalue weighted by Gasteiger charge is 2.52. The van der Waals surface area contributed by atoms with Crippen molar-refractivity contribution in [1.29, 1.82) is 0 Å². The van der Waals surface area contributed by atoms with Crippen molar-refractivity contribution in [3.05, 3.63) is 112 Å². The fraction of sp³-hybridized carbons (Fsp3) is 0.275. The van der Waals surface area contributed by atoms with Gasteiger partial charge in [0, 0.05) is 94.8 Å². The number of carbonyl (C=O) groups excluding carboxylic acids is 2. The highest BCUT2D eigenvalue weighted by atomic mass is 79.9. The summed E-state index contributed by atoms with van der Waals surface area (Å²) in [5.41, 5.74) is 4.78. The van der Waals surface area contributed by atoms with Crippen molar-refractivity contribution in [2.24, 2.45) is 4.99 Å². The molecule has 0 bridgehead atoms. The Kier molecular flexibility index (Phi) is 8.52. The quantitative estimate of drug-likeness (QED) is 0.224. The number of amides is 2. The molecule has 0 aliphatic carbocycles. The van der Waals surface area contributed by atoms with Crippen LogP contribution >= 0.6 is 15.9 Å². The molecule has 2 N–H and O–H groups in total. The number of aliphatic imine (C=N–C) groups is 1. The third-order valence-corrected chi connectivity index (χ3v) is 11.2. The number of halogens is 3. The van der Waals surface area contributed by atoms with Gasteiger partial charge in [0.15, 0.2) is 0 Å². The maximum Gasteiger partial charge on any atom is 0.253 e. The molecule has 4 aromatic carbocycles. The van der Waals surface area contributed by atoms with Crippen LogP contribution in [-0.4, -0.2) is 63.0 Å². The van der Waals surface area contributed by atoms with E-state index in [-0.39, 0.29) is 23.4 Å². The Morgan fingerprint density at radius 2 is 1.21 bits per heavy atom. The van der Waals surface area contributed by atoms with Gasteiger partial charge in [0.2, 0.25) is 0 Å². The third kappa shape index (κ3) is 5.78. The summed E-state index contributed by atoms with van der Waals surface area (Å²) in [5.74, 6) is 0.203. The van der Waals surface area contributed by atoms with Crippen LogP contribution in [0.2, 0.25) is 0 Å². The van der Waals surface area contributed by atoms with Gasteiger partial charge in [-0.05, 0) is 60.4 Å². The zero-order valence-electron chi connectivity index (χ0n) is 28.6. The van der Waals surface area contributed by atoms with E-state index < -0.39 is 11.1 Å². The fourth-order valence-corrected chi connectivity index (χ4v) is 8.11. The van der Waals surface area contributed by atoms with Gasteiger partial charge in [-0.1, -0.05) is 34.1 Å². The van der Waals surface area contributed by atoms with Gasteiger partial charge in [-0.25, -0.2) is 8.78 Å². The first kappa shape index (κ1) is 33.9. The zero-order chi connectivity index (χ0) is 36.2. The largest absolute Gasteiger partial charge is 0.497 e. The van der Waals surface area contributed by atoms with Gasteiger partial charge >= 0.3 is 0 Å². The van der Waals surface area contributed by atoms with Crippen LogP contribution in [0.4, 0.5) is 31.5 Å². The Bertz CT molecular complexity index is 2160. The van der Waals surface area contributed by atoms with E-state index in [2.05, 4.69) is 37.6 Å². The number of methoxy groups -OCH3 is 2. The first-order chi connectivity index (χ1) is 25.1. The van der Waals surface area contributed by atoms with Crippen LogP contribution in [0.1, 0.15) is 29.5 Å². The fourth-order valence-electron chi connectivity index (χ4n) is 7.84. The summed E-state index contributed by atoms with van der Waals surface area (Å²) in [4.78, 5) is 34.1. The number of benzene rings is 4. The van der Waals surface area contributed by atoms with Gasteiger partial charge in [-0.3, -0.25) is 14.6 Å². The van der Waals surface area contributed by atoms with Crippen LogP contribution < -0.4 is 29.9 Å². The number of carbonyl (C=O) groups is 2. The first-order valence-electron chi connectivity index (χ1n) is 17.1. The number of fused-ring (bicyclic) bond motifs is 2. The van der Waals surface area contributed by atoms with Gasteiger partial charge in [0.1, 0.15) is 34.2 Å². The van der Waals surface area contributed by atoms with Crippen molar-refractivity contribution < 1.29 is 27.8 Å². The van der Waals surface area contributed by atoms with Crippen LogP contribution in [-0.2, 0) is 22.4 Å². The van der Waals surface area contributed by atoms with Gasteiger partial charge < -0.3 is 29.9 Å². The van der Waals surface area contributed by atoms with E-state index in [0.29, 0.717) is 72.8 Å². The van der Waals surface area contributed by atoms with Crippen molar-refractivity contribution in [3.63, 3.8) is 0 Å². The van der Waals surface area contributed by atoms with E-state index in [1.54, 1.807) is 21.9 Å². The minimum Gasteiger partial charge on any atom is -0.497 e. The molecule has 5 aliphatic rings. The van der Waals surface area contributed by atoms with Crippen LogP contribution in [0.3, 0.4) is 0 Å². The van der Waals surface area contributed by atoms with Gasteiger partial charge in [-0.2, -0.15) is 0 Å². The van der Waals surface area contributed by atoms with Gasteiger partial charge in [0.25, 0.3) is 11.8 Å². The predicted octanol–water partition coefficient (Wildman–Crippen LogP) is 7.19. The van der Waals surface area contributed by atoms with E-state index in [1.165, 1.54) is 26.4 Å². The molecule has 0 saturated carbocycles. The standard InChI is InChI=1S/C22H20FN3O2.C18H16BrFN2O2/c1-28-17-10-19(23)18-12-22(25-20(18)11-17)7-9-26(21(22)27)16-4-2-14(3-5-16)15-6-8-24-13-15;1-24-13-8-15(20)14-10-18(21-16(14)9-13)6-7-22(17(18)23)12-4-2-11(19)3-5-12/h2-6,10-11,13,25H,7-9,12H2,1H3;2-5,8-9,21H,6-7,10H2,1H3. The average molecular weight is 769 g/mol. The Balaban J connectivity index is 0.000000151. The lowest BCUT2D eigenvalue weighted by Crippen LogP contribution is -2.45. The van der Waals surface area contributed by atoms with Crippen LogP contribution in [0.25, 0.3) is 5.57 Å². The number of rotatable bonds is 5. The molecule has 2 unspecified atom stereocenters. The molecule has 52 heavy (non-hydrogen) atoms. The number of hydrogen-bond donors (Lipinski definition) is 2. The topological polar surface area (TPSA) is 95.5 Å². The lowest BCUT2D eigenvalue weighted by atomic mass is 9.93. The number of nitrogens with one attached hydrogen (secondary N) is 2. The number of hydrogen-bond acceptors (Lipinski definition) is 7. The third-order valence-electron chi connectivity index (χ3n) is 10.6. The van der Waals surface area contributed by atoms with E-state index >= 15 is 0 Å². The molecule has 9 nitrogen and oxygen atoms in total. The second-order valence-electron chi connectivity index (χ2n) is 13.6. The Hall–Kier alpha value is -5.23. The molecular weight excluding hydrogens is 732 g/mol. The number of anilines is 4. The van der Waals surface area contributed by atoms with Crippen molar-refractivity contribution in [2.75, 3.05) is 54.3 Å². The maximum absolute atomic E-state index is 14.5. The molecule has 2 spiro atoms. The molecule has 5 heterocycles.